The van der Waals surface area contributed by atoms with E-state index in [1.165, 1.54) is 16.7 Å². The van der Waals surface area contributed by atoms with Crippen LogP contribution in [0.4, 0.5) is 0 Å². The number of carbonyl (C=O) groups excluding carboxylic acids is 1. The number of nitrogens with one attached hydrogen (secondary N) is 1. The zero-order valence-corrected chi connectivity index (χ0v) is 25.4. The number of pyridine rings is 1. The van der Waals surface area contributed by atoms with Crippen molar-refractivity contribution in [2.45, 2.75) is 44.9 Å². The SMILES string of the molecule is O=C(NC1CCN(Cc2ccccc2)CC1)c1ccc2c(c1)Cc1cccc(c1)CN(Cc1ccccn1)CCOCCO2. The van der Waals surface area contributed by atoms with Crippen molar-refractivity contribution in [2.24, 2.45) is 0 Å². The number of amides is 1. The summed E-state index contributed by atoms with van der Waals surface area (Å²) in [7, 11) is 0. The van der Waals surface area contributed by atoms with E-state index < -0.39 is 0 Å². The molecule has 2 aliphatic heterocycles. The Kier molecular flexibility index (Phi) is 10.3. The van der Waals surface area contributed by atoms with E-state index in [0.29, 0.717) is 31.8 Å². The van der Waals surface area contributed by atoms with Crippen molar-refractivity contribution in [1.82, 2.24) is 20.1 Å². The van der Waals surface area contributed by atoms with Crippen molar-refractivity contribution in [2.75, 3.05) is 39.5 Å². The minimum Gasteiger partial charge on any atom is -0.491 e. The first kappa shape index (κ1) is 30.0. The Labute approximate surface area is 260 Å². The van der Waals surface area contributed by atoms with E-state index in [9.17, 15) is 4.79 Å². The Hall–Kier alpha value is -4.04. The van der Waals surface area contributed by atoms with Gasteiger partial charge in [-0.2, -0.15) is 0 Å². The van der Waals surface area contributed by atoms with Crippen LogP contribution in [0.3, 0.4) is 0 Å². The van der Waals surface area contributed by atoms with Crippen LogP contribution in [0, 0.1) is 0 Å². The summed E-state index contributed by atoms with van der Waals surface area (Å²) < 4.78 is 12.1. The number of fused-ring (bicyclic) bond motifs is 3. The average molecular weight is 591 g/mol. The standard InChI is InChI=1S/C37H42N4O3/c42-37(39-34-14-17-40(18-15-34)26-29-7-2-1-3-8-29)32-12-13-36-33(25-32)24-30-9-6-10-31(23-30)27-41(19-20-43-21-22-44-36)28-35-11-4-5-16-38-35/h1-13,16,23,25,34H,14-15,17-22,24,26-28H2,(H,39,42). The Morgan fingerprint density at radius 1 is 0.795 bits per heavy atom. The van der Waals surface area contributed by atoms with Crippen molar-refractivity contribution < 1.29 is 14.3 Å². The zero-order chi connectivity index (χ0) is 30.0. The molecule has 4 aromatic rings. The molecule has 0 aliphatic carbocycles. The lowest BCUT2D eigenvalue weighted by molar-refractivity contribution is 0.0754. The van der Waals surface area contributed by atoms with Gasteiger partial charge in [-0.3, -0.25) is 19.6 Å². The number of ether oxygens (including phenoxy) is 2. The Bertz CT molecular complexity index is 1490. The molecule has 1 fully saturated rings. The molecule has 0 spiro atoms. The molecule has 44 heavy (non-hydrogen) atoms. The fraction of sp³-hybridized carbons (Fsp3) is 0.351. The molecule has 1 aromatic heterocycles. The van der Waals surface area contributed by atoms with Crippen LogP contribution in [0.1, 0.15) is 51.1 Å². The molecule has 7 nitrogen and oxygen atoms in total. The molecule has 0 saturated carbocycles. The van der Waals surface area contributed by atoms with E-state index in [-0.39, 0.29) is 11.9 Å². The fourth-order valence-corrected chi connectivity index (χ4v) is 6.10. The largest absolute Gasteiger partial charge is 0.491 e. The second kappa shape index (κ2) is 15.1. The highest BCUT2D eigenvalue weighted by Crippen LogP contribution is 2.25. The number of piperidine rings is 1. The number of nitrogens with zero attached hydrogens (tertiary/aromatic N) is 3. The summed E-state index contributed by atoms with van der Waals surface area (Å²) in [5.74, 6) is 0.787. The van der Waals surface area contributed by atoms with Gasteiger partial charge in [-0.05, 0) is 65.4 Å². The third kappa shape index (κ3) is 8.53. The number of carbonyl (C=O) groups is 1. The Morgan fingerprint density at radius 2 is 1.64 bits per heavy atom. The summed E-state index contributed by atoms with van der Waals surface area (Å²) >= 11 is 0. The Morgan fingerprint density at radius 3 is 2.48 bits per heavy atom. The normalized spacial score (nSPS) is 17.2. The van der Waals surface area contributed by atoms with Gasteiger partial charge < -0.3 is 14.8 Å². The summed E-state index contributed by atoms with van der Waals surface area (Å²) in [5.41, 5.74) is 6.50. The van der Waals surface area contributed by atoms with Crippen LogP contribution < -0.4 is 10.1 Å². The van der Waals surface area contributed by atoms with E-state index in [0.717, 1.165) is 69.1 Å². The first-order valence-electron chi connectivity index (χ1n) is 15.8. The molecule has 7 heteroatoms. The maximum absolute atomic E-state index is 13.4. The van der Waals surface area contributed by atoms with Crippen molar-refractivity contribution in [3.63, 3.8) is 0 Å². The molecular weight excluding hydrogens is 548 g/mol. The summed E-state index contributed by atoms with van der Waals surface area (Å²) in [6, 6.07) is 31.4. The maximum atomic E-state index is 13.4. The first-order chi connectivity index (χ1) is 21.7. The quantitative estimate of drug-likeness (QED) is 0.321. The molecule has 2 aliphatic rings. The van der Waals surface area contributed by atoms with E-state index in [2.05, 4.69) is 80.8 Å². The van der Waals surface area contributed by atoms with E-state index >= 15 is 0 Å². The number of hydrogen-bond acceptors (Lipinski definition) is 6. The van der Waals surface area contributed by atoms with Gasteiger partial charge in [-0.1, -0.05) is 60.7 Å². The van der Waals surface area contributed by atoms with Gasteiger partial charge in [-0.15, -0.1) is 0 Å². The van der Waals surface area contributed by atoms with Crippen molar-refractivity contribution in [1.29, 1.82) is 0 Å². The van der Waals surface area contributed by atoms with Crippen LogP contribution in [0.2, 0.25) is 0 Å². The number of aromatic nitrogens is 1. The van der Waals surface area contributed by atoms with Gasteiger partial charge in [0.2, 0.25) is 0 Å². The molecular formula is C37H42N4O3. The fourth-order valence-electron chi connectivity index (χ4n) is 6.10. The molecule has 0 radical (unpaired) electrons. The van der Waals surface area contributed by atoms with Crippen LogP contribution in [0.5, 0.6) is 5.75 Å². The number of likely N-dealkylation sites (tertiary alicyclic amines) is 1. The third-order valence-electron chi connectivity index (χ3n) is 8.44. The molecule has 228 valence electrons. The molecule has 1 N–H and O–H groups in total. The van der Waals surface area contributed by atoms with Gasteiger partial charge in [0.1, 0.15) is 12.4 Å². The smallest absolute Gasteiger partial charge is 0.251 e. The summed E-state index contributed by atoms with van der Waals surface area (Å²) in [5, 5.41) is 3.30. The van der Waals surface area contributed by atoms with Gasteiger partial charge >= 0.3 is 0 Å². The lowest BCUT2D eigenvalue weighted by atomic mass is 9.99. The monoisotopic (exact) mass is 590 g/mol. The second-order valence-corrected chi connectivity index (χ2v) is 11.8. The van der Waals surface area contributed by atoms with E-state index in [1.807, 2.05) is 36.5 Å². The first-order valence-corrected chi connectivity index (χ1v) is 15.8. The second-order valence-electron chi connectivity index (χ2n) is 11.8. The average Bonchev–Trinajstić information content (AvgIpc) is 3.05. The van der Waals surface area contributed by atoms with Crippen LogP contribution in [-0.2, 0) is 30.8 Å². The molecule has 1 amide bonds. The predicted octanol–water partition coefficient (Wildman–Crippen LogP) is 5.48. The highest BCUT2D eigenvalue weighted by Gasteiger charge is 2.22. The van der Waals surface area contributed by atoms with E-state index in [1.54, 1.807) is 0 Å². The van der Waals surface area contributed by atoms with Gasteiger partial charge in [0.05, 0.1) is 18.9 Å². The maximum Gasteiger partial charge on any atom is 0.251 e. The molecule has 1 saturated heterocycles. The summed E-state index contributed by atoms with van der Waals surface area (Å²) in [6.07, 6.45) is 4.44. The lowest BCUT2D eigenvalue weighted by Gasteiger charge is -2.32. The molecule has 3 heterocycles. The van der Waals surface area contributed by atoms with E-state index in [4.69, 9.17) is 9.47 Å². The van der Waals surface area contributed by atoms with Gasteiger partial charge in [0.15, 0.2) is 0 Å². The third-order valence-corrected chi connectivity index (χ3v) is 8.44. The van der Waals surface area contributed by atoms with Crippen LogP contribution in [-0.4, -0.2) is 66.2 Å². The van der Waals surface area contributed by atoms with Gasteiger partial charge in [-0.25, -0.2) is 0 Å². The predicted molar refractivity (Wildman–Crippen MR) is 173 cm³/mol. The zero-order valence-electron chi connectivity index (χ0n) is 25.4. The summed E-state index contributed by atoms with van der Waals surface area (Å²) in [6.45, 7) is 6.89. The topological polar surface area (TPSA) is 66.9 Å². The molecule has 2 bridgehead atoms. The van der Waals surface area contributed by atoms with Crippen molar-refractivity contribution >= 4 is 5.91 Å². The van der Waals surface area contributed by atoms with Crippen LogP contribution >= 0.6 is 0 Å². The van der Waals surface area contributed by atoms with Crippen molar-refractivity contribution in [3.8, 4) is 5.75 Å². The van der Waals surface area contributed by atoms with Crippen LogP contribution in [0.15, 0.2) is 97.2 Å². The lowest BCUT2D eigenvalue weighted by Crippen LogP contribution is -2.44. The molecule has 6 rings (SSSR count). The Balaban J connectivity index is 1.12. The van der Waals surface area contributed by atoms with Gasteiger partial charge in [0, 0.05) is 63.5 Å². The number of benzene rings is 3. The van der Waals surface area contributed by atoms with Crippen LogP contribution in [0.25, 0.3) is 0 Å². The summed E-state index contributed by atoms with van der Waals surface area (Å²) in [4.78, 5) is 22.8. The molecule has 0 atom stereocenters. The molecule has 0 unspecified atom stereocenters. The highest BCUT2D eigenvalue weighted by atomic mass is 16.5. The molecule has 3 aromatic carbocycles. The number of rotatable bonds is 6. The van der Waals surface area contributed by atoms with Crippen molar-refractivity contribution in [3.05, 3.63) is 131 Å². The minimum absolute atomic E-state index is 0.0176. The number of hydrogen-bond donors (Lipinski definition) is 1. The minimum atomic E-state index is -0.0176. The van der Waals surface area contributed by atoms with Gasteiger partial charge in [0.25, 0.3) is 5.91 Å². The highest BCUT2D eigenvalue weighted by molar-refractivity contribution is 5.94.